The molecule has 1 saturated carbocycles. The first kappa shape index (κ1) is 11.7. The number of hydrogen-bond donors (Lipinski definition) is 2. The molecule has 0 aromatic heterocycles. The standard InChI is InChI=1S/C12H23NOS/c14-12-5-2-1-4-11(12)10-13(8-6-12)7-3-9-15/h11,14-15H,1-10H2. The monoisotopic (exact) mass is 229 g/mol. The van der Waals surface area contributed by atoms with Gasteiger partial charge in [-0.2, -0.15) is 12.6 Å². The lowest BCUT2D eigenvalue weighted by Gasteiger charge is -2.47. The normalized spacial score (nSPS) is 37.6. The van der Waals surface area contributed by atoms with Crippen LogP contribution in [0.1, 0.15) is 38.5 Å². The van der Waals surface area contributed by atoms with Crippen molar-refractivity contribution in [3.63, 3.8) is 0 Å². The third-order valence-electron chi connectivity index (χ3n) is 4.14. The Balaban J connectivity index is 1.87. The van der Waals surface area contributed by atoms with Gasteiger partial charge >= 0.3 is 0 Å². The number of piperidine rings is 1. The lowest BCUT2D eigenvalue weighted by atomic mass is 9.71. The van der Waals surface area contributed by atoms with Crippen LogP contribution in [-0.2, 0) is 0 Å². The predicted octanol–water partition coefficient (Wildman–Crippen LogP) is 1.93. The molecule has 1 N–H and O–H groups in total. The molecule has 15 heavy (non-hydrogen) atoms. The van der Waals surface area contributed by atoms with E-state index in [1.165, 1.54) is 25.7 Å². The van der Waals surface area contributed by atoms with Crippen molar-refractivity contribution < 1.29 is 5.11 Å². The van der Waals surface area contributed by atoms with Gasteiger partial charge in [-0.3, -0.25) is 0 Å². The Morgan fingerprint density at radius 1 is 1.33 bits per heavy atom. The Hall–Kier alpha value is 0.270. The summed E-state index contributed by atoms with van der Waals surface area (Å²) in [5, 5.41) is 10.5. The molecule has 88 valence electrons. The zero-order valence-corrected chi connectivity index (χ0v) is 10.4. The maximum atomic E-state index is 10.5. The Morgan fingerprint density at radius 3 is 3.00 bits per heavy atom. The van der Waals surface area contributed by atoms with E-state index in [-0.39, 0.29) is 5.60 Å². The Labute approximate surface area is 98.5 Å². The average Bonchev–Trinajstić information content (AvgIpc) is 2.26. The first-order chi connectivity index (χ1) is 7.24. The van der Waals surface area contributed by atoms with Crippen LogP contribution >= 0.6 is 12.6 Å². The van der Waals surface area contributed by atoms with Crippen LogP contribution in [0.3, 0.4) is 0 Å². The summed E-state index contributed by atoms with van der Waals surface area (Å²) in [6.07, 6.45) is 6.97. The summed E-state index contributed by atoms with van der Waals surface area (Å²) < 4.78 is 0. The Kier molecular flexibility index (Phi) is 3.97. The van der Waals surface area contributed by atoms with Crippen LogP contribution in [0, 0.1) is 5.92 Å². The van der Waals surface area contributed by atoms with E-state index in [4.69, 9.17) is 0 Å². The predicted molar refractivity (Wildman–Crippen MR) is 66.4 cm³/mol. The number of likely N-dealkylation sites (tertiary alicyclic amines) is 1. The number of aliphatic hydroxyl groups is 1. The van der Waals surface area contributed by atoms with Gasteiger partial charge in [0.25, 0.3) is 0 Å². The minimum Gasteiger partial charge on any atom is -0.390 e. The summed E-state index contributed by atoms with van der Waals surface area (Å²) in [4.78, 5) is 2.51. The third-order valence-corrected chi connectivity index (χ3v) is 4.46. The van der Waals surface area contributed by atoms with Gasteiger partial charge in [0.05, 0.1) is 5.60 Å². The van der Waals surface area contributed by atoms with E-state index in [0.29, 0.717) is 5.92 Å². The molecule has 2 rings (SSSR count). The second-order valence-electron chi connectivity index (χ2n) is 5.17. The van der Waals surface area contributed by atoms with Crippen LogP contribution in [0.15, 0.2) is 0 Å². The molecule has 2 unspecified atom stereocenters. The molecule has 2 fully saturated rings. The van der Waals surface area contributed by atoms with Crippen molar-refractivity contribution in [2.24, 2.45) is 5.92 Å². The van der Waals surface area contributed by atoms with Gasteiger partial charge in [-0.25, -0.2) is 0 Å². The van der Waals surface area contributed by atoms with E-state index in [1.54, 1.807) is 0 Å². The number of hydrogen-bond acceptors (Lipinski definition) is 3. The molecule has 3 heteroatoms. The lowest BCUT2D eigenvalue weighted by Crippen LogP contribution is -2.53. The molecular formula is C12H23NOS. The summed E-state index contributed by atoms with van der Waals surface area (Å²) in [5.41, 5.74) is -0.310. The van der Waals surface area contributed by atoms with E-state index in [0.717, 1.165) is 38.2 Å². The highest BCUT2D eigenvalue weighted by molar-refractivity contribution is 7.80. The molecule has 2 nitrogen and oxygen atoms in total. The summed E-state index contributed by atoms with van der Waals surface area (Å²) in [6.45, 7) is 3.36. The SMILES string of the molecule is OC12CCCCC1CN(CCCS)CC2. The quantitative estimate of drug-likeness (QED) is 0.723. The molecule has 0 spiro atoms. The highest BCUT2D eigenvalue weighted by atomic mass is 32.1. The van der Waals surface area contributed by atoms with Gasteiger partial charge in [0.15, 0.2) is 0 Å². The third kappa shape index (κ3) is 2.69. The van der Waals surface area contributed by atoms with Crippen molar-refractivity contribution in [1.82, 2.24) is 4.90 Å². The number of nitrogens with zero attached hydrogens (tertiary/aromatic N) is 1. The van der Waals surface area contributed by atoms with Gasteiger partial charge in [-0.05, 0) is 38.0 Å². The first-order valence-electron chi connectivity index (χ1n) is 6.30. The molecule has 0 amide bonds. The van der Waals surface area contributed by atoms with Crippen molar-refractivity contribution in [2.45, 2.75) is 44.1 Å². The minimum absolute atomic E-state index is 0.310. The molecule has 1 aliphatic heterocycles. The van der Waals surface area contributed by atoms with Crippen molar-refractivity contribution in [3.8, 4) is 0 Å². The molecule has 1 saturated heterocycles. The molecule has 2 aliphatic rings. The fourth-order valence-corrected chi connectivity index (χ4v) is 3.28. The van der Waals surface area contributed by atoms with Gasteiger partial charge in [0.2, 0.25) is 0 Å². The molecule has 0 aromatic rings. The minimum atomic E-state index is -0.310. The van der Waals surface area contributed by atoms with E-state index in [1.807, 2.05) is 0 Å². The molecule has 0 aromatic carbocycles. The van der Waals surface area contributed by atoms with Gasteiger partial charge in [0, 0.05) is 19.0 Å². The Bertz CT molecular complexity index is 212. The van der Waals surface area contributed by atoms with Crippen LogP contribution in [0.4, 0.5) is 0 Å². The molecular weight excluding hydrogens is 206 g/mol. The van der Waals surface area contributed by atoms with Crippen LogP contribution in [0.2, 0.25) is 0 Å². The largest absolute Gasteiger partial charge is 0.390 e. The maximum absolute atomic E-state index is 10.5. The van der Waals surface area contributed by atoms with E-state index >= 15 is 0 Å². The van der Waals surface area contributed by atoms with Crippen LogP contribution in [-0.4, -0.2) is 41.0 Å². The summed E-state index contributed by atoms with van der Waals surface area (Å²) in [6, 6.07) is 0. The average molecular weight is 229 g/mol. The first-order valence-corrected chi connectivity index (χ1v) is 6.93. The van der Waals surface area contributed by atoms with Gasteiger partial charge in [-0.15, -0.1) is 0 Å². The van der Waals surface area contributed by atoms with Crippen LogP contribution in [0.25, 0.3) is 0 Å². The summed E-state index contributed by atoms with van der Waals surface area (Å²) >= 11 is 4.25. The van der Waals surface area contributed by atoms with E-state index < -0.39 is 0 Å². The van der Waals surface area contributed by atoms with Gasteiger partial charge < -0.3 is 10.0 Å². The van der Waals surface area contributed by atoms with E-state index in [2.05, 4.69) is 17.5 Å². The summed E-state index contributed by atoms with van der Waals surface area (Å²) in [5.74, 6) is 1.52. The lowest BCUT2D eigenvalue weighted by molar-refractivity contribution is -0.0951. The molecule has 1 aliphatic carbocycles. The molecule has 0 bridgehead atoms. The number of rotatable bonds is 3. The van der Waals surface area contributed by atoms with Gasteiger partial charge in [-0.1, -0.05) is 12.8 Å². The second kappa shape index (κ2) is 5.07. The molecule has 1 heterocycles. The Morgan fingerprint density at radius 2 is 2.20 bits per heavy atom. The van der Waals surface area contributed by atoms with E-state index in [9.17, 15) is 5.11 Å². The van der Waals surface area contributed by atoms with Crippen molar-refractivity contribution in [1.29, 1.82) is 0 Å². The zero-order valence-electron chi connectivity index (χ0n) is 9.49. The smallest absolute Gasteiger partial charge is 0.0700 e. The zero-order chi connectivity index (χ0) is 10.7. The summed E-state index contributed by atoms with van der Waals surface area (Å²) in [7, 11) is 0. The van der Waals surface area contributed by atoms with Crippen molar-refractivity contribution >= 4 is 12.6 Å². The van der Waals surface area contributed by atoms with Crippen molar-refractivity contribution in [2.75, 3.05) is 25.4 Å². The molecule has 2 atom stereocenters. The molecule has 0 radical (unpaired) electrons. The maximum Gasteiger partial charge on any atom is 0.0700 e. The van der Waals surface area contributed by atoms with Crippen molar-refractivity contribution in [3.05, 3.63) is 0 Å². The topological polar surface area (TPSA) is 23.5 Å². The fourth-order valence-electron chi connectivity index (χ4n) is 3.14. The van der Waals surface area contributed by atoms with Gasteiger partial charge in [0.1, 0.15) is 0 Å². The highest BCUT2D eigenvalue weighted by Gasteiger charge is 2.42. The fraction of sp³-hybridized carbons (Fsp3) is 1.00. The number of fused-ring (bicyclic) bond motifs is 1. The second-order valence-corrected chi connectivity index (χ2v) is 5.62. The van der Waals surface area contributed by atoms with Crippen LogP contribution in [0.5, 0.6) is 0 Å². The number of thiol groups is 1. The van der Waals surface area contributed by atoms with Crippen LogP contribution < -0.4 is 0 Å². The highest BCUT2D eigenvalue weighted by Crippen LogP contribution is 2.39.